The molecule has 0 heterocycles. The van der Waals surface area contributed by atoms with Gasteiger partial charge in [0.1, 0.15) is 5.75 Å². The van der Waals surface area contributed by atoms with Crippen molar-refractivity contribution in [2.24, 2.45) is 0 Å². The van der Waals surface area contributed by atoms with Crippen LogP contribution in [-0.2, 0) is 19.6 Å². The number of hydrogen-bond acceptors (Lipinski definition) is 5. The lowest BCUT2D eigenvalue weighted by molar-refractivity contribution is -0.137. The quantitative estimate of drug-likeness (QED) is 0.241. The molecule has 28 heavy (non-hydrogen) atoms. The molecule has 2 aromatic carbocycles. The summed E-state index contributed by atoms with van der Waals surface area (Å²) in [6.07, 6.45) is 2.60. The van der Waals surface area contributed by atoms with Crippen molar-refractivity contribution in [1.29, 1.82) is 0 Å². The van der Waals surface area contributed by atoms with Gasteiger partial charge in [-0.1, -0.05) is 18.4 Å². The number of ether oxygens (including phenoxy) is 2. The van der Waals surface area contributed by atoms with Gasteiger partial charge in [-0.2, -0.15) is 8.42 Å². The normalized spacial score (nSPS) is 10.5. The predicted molar refractivity (Wildman–Crippen MR) is 105 cm³/mol. The Balaban J connectivity index is 1.81. The molecule has 0 unspecified atom stereocenters. The van der Waals surface area contributed by atoms with Crippen LogP contribution in [0.15, 0.2) is 66.1 Å². The van der Waals surface area contributed by atoms with Crippen LogP contribution in [0.2, 0.25) is 0 Å². The maximum absolute atomic E-state index is 11.0. The van der Waals surface area contributed by atoms with Gasteiger partial charge in [-0.05, 0) is 61.4 Å². The zero-order valence-electron chi connectivity index (χ0n) is 15.1. The second-order valence-corrected chi connectivity index (χ2v) is 7.12. The Labute approximate surface area is 164 Å². The Morgan fingerprint density at radius 3 is 2.04 bits per heavy atom. The molecular weight excluding hydrogens is 380 g/mol. The summed E-state index contributed by atoms with van der Waals surface area (Å²) in [5.74, 6) is 6.19. The molecule has 0 spiro atoms. The molecule has 1 N–H and O–H groups in total. The van der Waals surface area contributed by atoms with Crippen molar-refractivity contribution in [2.75, 3.05) is 13.2 Å². The third kappa shape index (κ3) is 7.27. The predicted octanol–water partition coefficient (Wildman–Crippen LogP) is 3.22. The SMILES string of the molecule is C=CC(=O)OCCCCOc1ccc(C#Cc2ccc(S(=O)(=O)O)cc2)cc1. The average Bonchev–Trinajstić information content (AvgIpc) is 2.69. The van der Waals surface area contributed by atoms with Crippen LogP contribution in [0.5, 0.6) is 5.75 Å². The van der Waals surface area contributed by atoms with Gasteiger partial charge in [-0.25, -0.2) is 4.79 Å². The van der Waals surface area contributed by atoms with Crippen LogP contribution in [0.1, 0.15) is 24.0 Å². The van der Waals surface area contributed by atoms with E-state index in [0.29, 0.717) is 30.9 Å². The monoisotopic (exact) mass is 400 g/mol. The molecule has 0 radical (unpaired) electrons. The lowest BCUT2D eigenvalue weighted by Crippen LogP contribution is -2.04. The summed E-state index contributed by atoms with van der Waals surface area (Å²) >= 11 is 0. The highest BCUT2D eigenvalue weighted by Crippen LogP contribution is 2.13. The fourth-order valence-corrected chi connectivity index (χ4v) is 2.59. The van der Waals surface area contributed by atoms with Gasteiger partial charge in [0.15, 0.2) is 0 Å². The fourth-order valence-electron chi connectivity index (χ4n) is 2.11. The number of rotatable bonds is 8. The van der Waals surface area contributed by atoms with Crippen molar-refractivity contribution in [1.82, 2.24) is 0 Å². The molecule has 0 aliphatic heterocycles. The molecule has 0 bridgehead atoms. The summed E-state index contributed by atoms with van der Waals surface area (Å²) in [4.78, 5) is 10.7. The summed E-state index contributed by atoms with van der Waals surface area (Å²) in [5, 5.41) is 0. The minimum atomic E-state index is -4.20. The number of hydrogen-bond donors (Lipinski definition) is 1. The number of carbonyl (C=O) groups excluding carboxylic acids is 1. The second-order valence-electron chi connectivity index (χ2n) is 5.70. The molecule has 0 aromatic heterocycles. The average molecular weight is 400 g/mol. The molecule has 0 saturated carbocycles. The highest BCUT2D eigenvalue weighted by atomic mass is 32.2. The smallest absolute Gasteiger partial charge is 0.330 e. The second kappa shape index (κ2) is 10.3. The molecule has 0 atom stereocenters. The number of carbonyl (C=O) groups is 1. The van der Waals surface area contributed by atoms with Gasteiger partial charge >= 0.3 is 5.97 Å². The Kier molecular flexibility index (Phi) is 7.81. The molecule has 0 aliphatic carbocycles. The molecule has 0 amide bonds. The van der Waals surface area contributed by atoms with Crippen molar-refractivity contribution in [2.45, 2.75) is 17.7 Å². The van der Waals surface area contributed by atoms with Gasteiger partial charge in [0.2, 0.25) is 0 Å². The molecule has 6 nitrogen and oxygen atoms in total. The Hall–Kier alpha value is -3.08. The number of unbranched alkanes of at least 4 members (excludes halogenated alkanes) is 1. The number of esters is 1. The number of benzene rings is 2. The molecule has 0 saturated heterocycles. The van der Waals surface area contributed by atoms with E-state index in [4.69, 9.17) is 14.0 Å². The van der Waals surface area contributed by atoms with E-state index in [-0.39, 0.29) is 4.90 Å². The maximum atomic E-state index is 11.0. The minimum absolute atomic E-state index is 0.168. The maximum Gasteiger partial charge on any atom is 0.330 e. The van der Waals surface area contributed by atoms with E-state index in [0.717, 1.165) is 18.1 Å². The summed E-state index contributed by atoms with van der Waals surface area (Å²) in [7, 11) is -4.20. The van der Waals surface area contributed by atoms with Crippen molar-refractivity contribution in [3.05, 3.63) is 72.3 Å². The van der Waals surface area contributed by atoms with Crippen LogP contribution in [-0.4, -0.2) is 32.2 Å². The Morgan fingerprint density at radius 2 is 1.50 bits per heavy atom. The van der Waals surface area contributed by atoms with Gasteiger partial charge < -0.3 is 9.47 Å². The van der Waals surface area contributed by atoms with Gasteiger partial charge in [0.05, 0.1) is 18.1 Å². The minimum Gasteiger partial charge on any atom is -0.494 e. The highest BCUT2D eigenvalue weighted by molar-refractivity contribution is 7.85. The van der Waals surface area contributed by atoms with Crippen LogP contribution in [0, 0.1) is 11.8 Å². The van der Waals surface area contributed by atoms with E-state index >= 15 is 0 Å². The van der Waals surface area contributed by atoms with Crippen LogP contribution in [0.3, 0.4) is 0 Å². The van der Waals surface area contributed by atoms with Crippen molar-refractivity contribution < 1.29 is 27.2 Å². The van der Waals surface area contributed by atoms with Crippen LogP contribution in [0.4, 0.5) is 0 Å². The lowest BCUT2D eigenvalue weighted by Gasteiger charge is -2.06. The summed E-state index contributed by atoms with van der Waals surface area (Å²) < 4.78 is 41.5. The third-order valence-corrected chi connectivity index (χ3v) is 4.44. The first kappa shape index (κ1) is 21.2. The molecule has 0 fully saturated rings. The topological polar surface area (TPSA) is 89.9 Å². The molecule has 0 aliphatic rings. The van der Waals surface area contributed by atoms with Gasteiger partial charge in [0.25, 0.3) is 10.1 Å². The standard InChI is InChI=1S/C21H20O6S/c1-2-21(22)27-16-4-3-15-26-19-11-7-17(8-12-19)5-6-18-9-13-20(14-10-18)28(23,24)25/h2,7-14H,1,3-4,15-16H2,(H,23,24,25). The van der Waals surface area contributed by atoms with E-state index in [1.807, 2.05) is 24.3 Å². The van der Waals surface area contributed by atoms with Crippen LogP contribution >= 0.6 is 0 Å². The highest BCUT2D eigenvalue weighted by Gasteiger charge is 2.07. The molecule has 146 valence electrons. The van der Waals surface area contributed by atoms with E-state index in [2.05, 4.69) is 18.4 Å². The molecule has 2 aromatic rings. The van der Waals surface area contributed by atoms with Gasteiger partial charge in [0, 0.05) is 17.2 Å². The first-order chi connectivity index (χ1) is 13.4. The molecule has 7 heteroatoms. The summed E-state index contributed by atoms with van der Waals surface area (Å²) in [6, 6.07) is 12.9. The fraction of sp³-hybridized carbons (Fsp3) is 0.190. The Bertz CT molecular complexity index is 964. The zero-order valence-corrected chi connectivity index (χ0v) is 15.9. The van der Waals surface area contributed by atoms with Gasteiger partial charge in [-0.15, -0.1) is 0 Å². The third-order valence-electron chi connectivity index (χ3n) is 3.58. The summed E-state index contributed by atoms with van der Waals surface area (Å²) in [5.41, 5.74) is 1.41. The van der Waals surface area contributed by atoms with E-state index in [9.17, 15) is 13.2 Å². The van der Waals surface area contributed by atoms with Crippen LogP contribution < -0.4 is 4.74 Å². The van der Waals surface area contributed by atoms with E-state index in [1.54, 1.807) is 0 Å². The zero-order chi connectivity index (χ0) is 20.4. The first-order valence-corrected chi connectivity index (χ1v) is 9.94. The Morgan fingerprint density at radius 1 is 0.964 bits per heavy atom. The molecular formula is C21H20O6S. The van der Waals surface area contributed by atoms with E-state index in [1.165, 1.54) is 24.3 Å². The molecule has 2 rings (SSSR count). The van der Waals surface area contributed by atoms with Gasteiger partial charge in [-0.3, -0.25) is 4.55 Å². The lowest BCUT2D eigenvalue weighted by atomic mass is 10.2. The first-order valence-electron chi connectivity index (χ1n) is 8.50. The van der Waals surface area contributed by atoms with Crippen molar-refractivity contribution in [3.8, 4) is 17.6 Å². The van der Waals surface area contributed by atoms with Crippen molar-refractivity contribution in [3.63, 3.8) is 0 Å². The van der Waals surface area contributed by atoms with Crippen LogP contribution in [0.25, 0.3) is 0 Å². The largest absolute Gasteiger partial charge is 0.494 e. The van der Waals surface area contributed by atoms with Crippen molar-refractivity contribution >= 4 is 16.1 Å². The summed E-state index contributed by atoms with van der Waals surface area (Å²) in [6.45, 7) is 4.18. The van der Waals surface area contributed by atoms with E-state index < -0.39 is 16.1 Å².